The van der Waals surface area contributed by atoms with Gasteiger partial charge in [-0.3, -0.25) is 0 Å². The molecule has 1 rings (SSSR count). The summed E-state index contributed by atoms with van der Waals surface area (Å²) in [4.78, 5) is 5.11. The first-order chi connectivity index (χ1) is 6.70. The monoisotopic (exact) mass is 199 g/mol. The van der Waals surface area contributed by atoms with Crippen LogP contribution in [0.2, 0.25) is 0 Å². The number of hydrogen-bond acceptors (Lipinski definition) is 4. The molecule has 0 aromatic carbocycles. The van der Waals surface area contributed by atoms with Crippen LogP contribution < -0.4 is 5.48 Å². The zero-order chi connectivity index (χ0) is 10.4. The Morgan fingerprint density at radius 1 is 1.57 bits per heavy atom. The van der Waals surface area contributed by atoms with E-state index in [0.29, 0.717) is 24.8 Å². The van der Waals surface area contributed by atoms with Crippen molar-refractivity contribution in [1.82, 2.24) is 5.48 Å². The fourth-order valence-corrected chi connectivity index (χ4v) is 0.945. The quantitative estimate of drug-likeness (QED) is 0.538. The molecular formula is C10H17NO3. The lowest BCUT2D eigenvalue weighted by Crippen LogP contribution is -2.23. The molecule has 0 spiro atoms. The molecule has 0 saturated heterocycles. The van der Waals surface area contributed by atoms with Crippen molar-refractivity contribution in [2.75, 3.05) is 13.2 Å². The normalized spacial score (nSPS) is 13.4. The van der Waals surface area contributed by atoms with Crippen molar-refractivity contribution in [3.05, 3.63) is 24.2 Å². The summed E-state index contributed by atoms with van der Waals surface area (Å²) in [5.41, 5.74) is 2.69. The van der Waals surface area contributed by atoms with Gasteiger partial charge >= 0.3 is 0 Å². The standard InChI is InChI=1S/C10H17NO3/c1-8(2)7-14-11-6-9(12)10-4-3-5-13-10/h3-5,8-9,11-12H,6-7H2,1-2H3. The molecule has 2 N–H and O–H groups in total. The predicted octanol–water partition coefficient (Wildman–Crippen LogP) is 1.49. The van der Waals surface area contributed by atoms with Crippen molar-refractivity contribution in [3.8, 4) is 0 Å². The molecular weight excluding hydrogens is 182 g/mol. The van der Waals surface area contributed by atoms with Gasteiger partial charge in [0.2, 0.25) is 0 Å². The van der Waals surface area contributed by atoms with Crippen LogP contribution in [0.5, 0.6) is 0 Å². The minimum atomic E-state index is -0.655. The third kappa shape index (κ3) is 3.91. The number of aliphatic hydroxyl groups is 1. The Morgan fingerprint density at radius 2 is 2.36 bits per heavy atom. The molecule has 1 unspecified atom stereocenters. The van der Waals surface area contributed by atoms with Crippen molar-refractivity contribution in [1.29, 1.82) is 0 Å². The number of hydroxylamine groups is 1. The van der Waals surface area contributed by atoms with E-state index in [2.05, 4.69) is 19.3 Å². The second-order valence-electron chi connectivity index (χ2n) is 3.58. The molecule has 0 saturated carbocycles. The molecule has 0 aliphatic carbocycles. The van der Waals surface area contributed by atoms with E-state index >= 15 is 0 Å². The summed E-state index contributed by atoms with van der Waals surface area (Å²) in [5.74, 6) is 1.02. The van der Waals surface area contributed by atoms with Gasteiger partial charge in [-0.05, 0) is 18.1 Å². The Hall–Kier alpha value is -0.840. The van der Waals surface area contributed by atoms with Crippen molar-refractivity contribution in [2.24, 2.45) is 5.92 Å². The van der Waals surface area contributed by atoms with Crippen LogP contribution in [0.15, 0.2) is 22.8 Å². The zero-order valence-corrected chi connectivity index (χ0v) is 8.56. The molecule has 0 amide bonds. The Morgan fingerprint density at radius 3 is 2.93 bits per heavy atom. The van der Waals surface area contributed by atoms with E-state index in [1.165, 1.54) is 6.26 Å². The second kappa shape index (κ2) is 5.80. The SMILES string of the molecule is CC(C)CONCC(O)c1ccco1. The van der Waals surface area contributed by atoms with E-state index in [-0.39, 0.29) is 0 Å². The van der Waals surface area contributed by atoms with Gasteiger partial charge < -0.3 is 14.4 Å². The van der Waals surface area contributed by atoms with E-state index in [1.807, 2.05) is 0 Å². The summed E-state index contributed by atoms with van der Waals surface area (Å²) >= 11 is 0. The molecule has 1 aromatic heterocycles. The van der Waals surface area contributed by atoms with Gasteiger partial charge in [0.1, 0.15) is 11.9 Å². The molecule has 4 nitrogen and oxygen atoms in total. The molecule has 14 heavy (non-hydrogen) atoms. The van der Waals surface area contributed by atoms with E-state index < -0.39 is 6.10 Å². The minimum absolute atomic E-state index is 0.334. The zero-order valence-electron chi connectivity index (χ0n) is 8.56. The van der Waals surface area contributed by atoms with Gasteiger partial charge in [0, 0.05) is 0 Å². The highest BCUT2D eigenvalue weighted by atomic mass is 16.6. The largest absolute Gasteiger partial charge is 0.467 e. The Labute approximate surface area is 83.8 Å². The lowest BCUT2D eigenvalue weighted by atomic mass is 10.2. The highest BCUT2D eigenvalue weighted by Gasteiger charge is 2.09. The topological polar surface area (TPSA) is 54.6 Å². The fourth-order valence-electron chi connectivity index (χ4n) is 0.945. The van der Waals surface area contributed by atoms with Crippen LogP contribution in [0.25, 0.3) is 0 Å². The second-order valence-corrected chi connectivity index (χ2v) is 3.58. The maximum Gasteiger partial charge on any atom is 0.133 e. The molecule has 1 aromatic rings. The molecule has 0 radical (unpaired) electrons. The van der Waals surface area contributed by atoms with Gasteiger partial charge in [0.15, 0.2) is 0 Å². The summed E-state index contributed by atoms with van der Waals surface area (Å²) in [7, 11) is 0. The van der Waals surface area contributed by atoms with E-state index in [1.54, 1.807) is 12.1 Å². The first-order valence-electron chi connectivity index (χ1n) is 4.76. The lowest BCUT2D eigenvalue weighted by molar-refractivity contribution is -0.00337. The van der Waals surface area contributed by atoms with Crippen molar-refractivity contribution >= 4 is 0 Å². The first kappa shape index (κ1) is 11.2. The Kier molecular flexibility index (Phi) is 4.65. The maximum atomic E-state index is 9.54. The van der Waals surface area contributed by atoms with Gasteiger partial charge in [0.05, 0.1) is 19.4 Å². The first-order valence-corrected chi connectivity index (χ1v) is 4.76. The highest BCUT2D eigenvalue weighted by Crippen LogP contribution is 2.11. The summed E-state index contributed by atoms with van der Waals surface area (Å²) < 4.78 is 5.03. The predicted molar refractivity (Wildman–Crippen MR) is 52.5 cm³/mol. The van der Waals surface area contributed by atoms with E-state index in [9.17, 15) is 5.11 Å². The molecule has 1 atom stereocenters. The van der Waals surface area contributed by atoms with E-state index in [4.69, 9.17) is 9.25 Å². The molecule has 0 aliphatic heterocycles. The molecule has 0 aliphatic rings. The van der Waals surface area contributed by atoms with Gasteiger partial charge in [-0.25, -0.2) is 0 Å². The van der Waals surface area contributed by atoms with Gasteiger partial charge in [0.25, 0.3) is 0 Å². The number of furan rings is 1. The van der Waals surface area contributed by atoms with Crippen LogP contribution in [0.3, 0.4) is 0 Å². The van der Waals surface area contributed by atoms with Crippen LogP contribution in [-0.4, -0.2) is 18.3 Å². The van der Waals surface area contributed by atoms with Crippen LogP contribution in [-0.2, 0) is 4.84 Å². The van der Waals surface area contributed by atoms with E-state index in [0.717, 1.165) is 0 Å². The third-order valence-electron chi connectivity index (χ3n) is 1.67. The van der Waals surface area contributed by atoms with Crippen molar-refractivity contribution in [2.45, 2.75) is 20.0 Å². The van der Waals surface area contributed by atoms with Crippen molar-refractivity contribution < 1.29 is 14.4 Å². The average Bonchev–Trinajstić information content (AvgIpc) is 2.64. The minimum Gasteiger partial charge on any atom is -0.467 e. The third-order valence-corrected chi connectivity index (χ3v) is 1.67. The Balaban J connectivity index is 2.13. The lowest BCUT2D eigenvalue weighted by Gasteiger charge is -2.10. The smallest absolute Gasteiger partial charge is 0.133 e. The molecule has 0 fully saturated rings. The summed E-state index contributed by atoms with van der Waals surface area (Å²) in [5, 5.41) is 9.54. The van der Waals surface area contributed by atoms with Crippen LogP contribution in [0.1, 0.15) is 25.7 Å². The summed E-state index contributed by atoms with van der Waals surface area (Å²) in [6.45, 7) is 5.08. The fraction of sp³-hybridized carbons (Fsp3) is 0.600. The number of rotatable bonds is 6. The van der Waals surface area contributed by atoms with Gasteiger partial charge in [-0.2, -0.15) is 5.48 Å². The van der Waals surface area contributed by atoms with Crippen LogP contribution in [0, 0.1) is 5.92 Å². The molecule has 0 bridgehead atoms. The van der Waals surface area contributed by atoms with Gasteiger partial charge in [-0.15, -0.1) is 0 Å². The number of hydrogen-bond donors (Lipinski definition) is 2. The van der Waals surface area contributed by atoms with Crippen molar-refractivity contribution in [3.63, 3.8) is 0 Å². The molecule has 80 valence electrons. The van der Waals surface area contributed by atoms with Crippen LogP contribution >= 0.6 is 0 Å². The maximum absolute atomic E-state index is 9.54. The van der Waals surface area contributed by atoms with Gasteiger partial charge in [-0.1, -0.05) is 13.8 Å². The average molecular weight is 199 g/mol. The Bertz CT molecular complexity index is 234. The number of nitrogens with one attached hydrogen (secondary N) is 1. The summed E-state index contributed by atoms with van der Waals surface area (Å²) in [6.07, 6.45) is 0.880. The molecule has 1 heterocycles. The number of aliphatic hydroxyl groups excluding tert-OH is 1. The van der Waals surface area contributed by atoms with Crippen LogP contribution in [0.4, 0.5) is 0 Å². The molecule has 4 heteroatoms. The highest BCUT2D eigenvalue weighted by molar-refractivity contribution is 5.01. The summed E-state index contributed by atoms with van der Waals surface area (Å²) in [6, 6.07) is 3.47.